The van der Waals surface area contributed by atoms with Crippen molar-refractivity contribution in [2.24, 2.45) is 5.92 Å². The fraction of sp³-hybridized carbons (Fsp3) is 0.462. The molecule has 5 nitrogen and oxygen atoms in total. The standard InChI is InChI=1S/C13H19N3O2S/c1-9-5-12(15)11(3)13(6-9)19(17,18)16(4)8-10(2)7-14/h5-6,10H,8,15H2,1-4H3. The lowest BCUT2D eigenvalue weighted by atomic mass is 10.1. The van der Waals surface area contributed by atoms with E-state index in [0.29, 0.717) is 11.3 Å². The van der Waals surface area contributed by atoms with E-state index in [1.807, 2.05) is 6.07 Å². The average molecular weight is 281 g/mol. The third-order valence-electron chi connectivity index (χ3n) is 2.98. The highest BCUT2D eigenvalue weighted by Crippen LogP contribution is 2.25. The summed E-state index contributed by atoms with van der Waals surface area (Å²) in [5, 5.41) is 8.77. The third kappa shape index (κ3) is 3.25. The number of nitriles is 1. The number of nitrogens with two attached hydrogens (primary N) is 1. The highest BCUT2D eigenvalue weighted by Gasteiger charge is 2.25. The normalized spacial score (nSPS) is 13.3. The van der Waals surface area contributed by atoms with Crippen LogP contribution in [0.5, 0.6) is 0 Å². The molecular formula is C13H19N3O2S. The molecule has 0 aromatic heterocycles. The van der Waals surface area contributed by atoms with Crippen LogP contribution in [-0.2, 0) is 10.0 Å². The number of rotatable bonds is 4. The average Bonchev–Trinajstić information content (AvgIpc) is 2.33. The molecule has 0 aliphatic heterocycles. The van der Waals surface area contributed by atoms with Crippen molar-refractivity contribution in [3.8, 4) is 6.07 Å². The second-order valence-electron chi connectivity index (χ2n) is 4.79. The van der Waals surface area contributed by atoms with E-state index in [-0.39, 0.29) is 17.4 Å². The Morgan fingerprint density at radius 1 is 1.42 bits per heavy atom. The van der Waals surface area contributed by atoms with Crippen LogP contribution in [0.3, 0.4) is 0 Å². The molecular weight excluding hydrogens is 262 g/mol. The summed E-state index contributed by atoms with van der Waals surface area (Å²) in [6.07, 6.45) is 0. The first-order valence-electron chi connectivity index (χ1n) is 5.92. The summed E-state index contributed by atoms with van der Waals surface area (Å²) in [6.45, 7) is 5.32. The van der Waals surface area contributed by atoms with E-state index in [9.17, 15) is 8.42 Å². The van der Waals surface area contributed by atoms with Crippen molar-refractivity contribution in [1.29, 1.82) is 5.26 Å². The summed E-state index contributed by atoms with van der Waals surface area (Å²) >= 11 is 0. The molecule has 6 heteroatoms. The largest absolute Gasteiger partial charge is 0.398 e. The second kappa shape index (κ2) is 5.59. The molecule has 0 fully saturated rings. The fourth-order valence-corrected chi connectivity index (χ4v) is 3.41. The van der Waals surface area contributed by atoms with E-state index in [1.54, 1.807) is 32.9 Å². The van der Waals surface area contributed by atoms with Crippen LogP contribution >= 0.6 is 0 Å². The number of aryl methyl sites for hydroxylation is 1. The summed E-state index contributed by atoms with van der Waals surface area (Å²) in [6, 6.07) is 5.37. The Morgan fingerprint density at radius 2 is 2.00 bits per heavy atom. The van der Waals surface area contributed by atoms with Gasteiger partial charge in [-0.15, -0.1) is 0 Å². The number of sulfonamides is 1. The van der Waals surface area contributed by atoms with Gasteiger partial charge in [-0.1, -0.05) is 0 Å². The van der Waals surface area contributed by atoms with Gasteiger partial charge < -0.3 is 5.73 Å². The van der Waals surface area contributed by atoms with E-state index >= 15 is 0 Å². The van der Waals surface area contributed by atoms with E-state index in [1.165, 1.54) is 11.4 Å². The smallest absolute Gasteiger partial charge is 0.243 e. The van der Waals surface area contributed by atoms with Crippen molar-refractivity contribution in [3.63, 3.8) is 0 Å². The minimum absolute atomic E-state index is 0.159. The van der Waals surface area contributed by atoms with E-state index < -0.39 is 10.0 Å². The topological polar surface area (TPSA) is 87.2 Å². The quantitative estimate of drug-likeness (QED) is 0.850. The highest BCUT2D eigenvalue weighted by molar-refractivity contribution is 7.89. The SMILES string of the molecule is Cc1cc(N)c(C)c(S(=O)(=O)N(C)CC(C)C#N)c1. The van der Waals surface area contributed by atoms with Gasteiger partial charge in [0.15, 0.2) is 0 Å². The van der Waals surface area contributed by atoms with Crippen molar-refractivity contribution in [3.05, 3.63) is 23.3 Å². The lowest BCUT2D eigenvalue weighted by Crippen LogP contribution is -2.31. The molecule has 0 saturated carbocycles. The summed E-state index contributed by atoms with van der Waals surface area (Å²) in [5.41, 5.74) is 7.61. The Hall–Kier alpha value is -1.58. The van der Waals surface area contributed by atoms with Gasteiger partial charge in [0, 0.05) is 19.3 Å². The Morgan fingerprint density at radius 3 is 2.53 bits per heavy atom. The molecule has 1 atom stereocenters. The molecule has 0 heterocycles. The minimum atomic E-state index is -3.62. The summed E-state index contributed by atoms with van der Waals surface area (Å²) < 4.78 is 26.1. The third-order valence-corrected chi connectivity index (χ3v) is 4.93. The maximum atomic E-state index is 12.5. The molecule has 0 radical (unpaired) electrons. The number of nitrogens with zero attached hydrogens (tertiary/aromatic N) is 2. The summed E-state index contributed by atoms with van der Waals surface area (Å²) in [5.74, 6) is -0.359. The molecule has 0 spiro atoms. The van der Waals surface area contributed by atoms with Crippen molar-refractivity contribution in [2.45, 2.75) is 25.7 Å². The number of nitrogen functional groups attached to an aromatic ring is 1. The van der Waals surface area contributed by atoms with Crippen LogP contribution in [-0.4, -0.2) is 26.3 Å². The minimum Gasteiger partial charge on any atom is -0.398 e. The van der Waals surface area contributed by atoms with Gasteiger partial charge in [0.2, 0.25) is 10.0 Å². The number of anilines is 1. The van der Waals surface area contributed by atoms with Gasteiger partial charge in [-0.3, -0.25) is 0 Å². The van der Waals surface area contributed by atoms with Gasteiger partial charge in [-0.2, -0.15) is 9.57 Å². The number of hydrogen-bond donors (Lipinski definition) is 1. The number of benzene rings is 1. The predicted octanol–water partition coefficient (Wildman–Crippen LogP) is 1.67. The molecule has 2 N–H and O–H groups in total. The summed E-state index contributed by atoms with van der Waals surface area (Å²) in [7, 11) is -2.14. The first kappa shape index (κ1) is 15.5. The van der Waals surface area contributed by atoms with Crippen LogP contribution < -0.4 is 5.73 Å². The molecule has 1 aromatic carbocycles. The van der Waals surface area contributed by atoms with Crippen LogP contribution in [0.1, 0.15) is 18.1 Å². The fourth-order valence-electron chi connectivity index (χ4n) is 1.81. The van der Waals surface area contributed by atoms with Crippen molar-refractivity contribution < 1.29 is 8.42 Å². The van der Waals surface area contributed by atoms with Crippen LogP contribution in [0, 0.1) is 31.1 Å². The lowest BCUT2D eigenvalue weighted by molar-refractivity contribution is 0.439. The zero-order chi connectivity index (χ0) is 14.8. The Kier molecular flexibility index (Phi) is 4.56. The van der Waals surface area contributed by atoms with E-state index in [0.717, 1.165) is 5.56 Å². The Balaban J connectivity index is 3.25. The first-order chi connectivity index (χ1) is 8.70. The number of hydrogen-bond acceptors (Lipinski definition) is 4. The second-order valence-corrected chi connectivity index (χ2v) is 6.81. The molecule has 19 heavy (non-hydrogen) atoms. The molecule has 1 rings (SSSR count). The molecule has 1 aromatic rings. The Bertz CT molecular complexity index is 618. The van der Waals surface area contributed by atoms with Crippen LogP contribution in [0.4, 0.5) is 5.69 Å². The molecule has 0 aliphatic rings. The van der Waals surface area contributed by atoms with Gasteiger partial charge >= 0.3 is 0 Å². The molecule has 0 bridgehead atoms. The van der Waals surface area contributed by atoms with Crippen LogP contribution in [0.15, 0.2) is 17.0 Å². The first-order valence-corrected chi connectivity index (χ1v) is 7.36. The predicted molar refractivity (Wildman–Crippen MR) is 74.9 cm³/mol. The van der Waals surface area contributed by atoms with E-state index in [2.05, 4.69) is 0 Å². The monoisotopic (exact) mass is 281 g/mol. The molecule has 0 aliphatic carbocycles. The maximum absolute atomic E-state index is 12.5. The van der Waals surface area contributed by atoms with Gasteiger partial charge in [0.1, 0.15) is 0 Å². The van der Waals surface area contributed by atoms with Crippen molar-refractivity contribution in [1.82, 2.24) is 4.31 Å². The molecule has 0 amide bonds. The van der Waals surface area contributed by atoms with Crippen LogP contribution in [0.2, 0.25) is 0 Å². The maximum Gasteiger partial charge on any atom is 0.243 e. The van der Waals surface area contributed by atoms with Gasteiger partial charge in [0.05, 0.1) is 16.9 Å². The van der Waals surface area contributed by atoms with Gasteiger partial charge in [-0.05, 0) is 44.0 Å². The molecule has 104 valence electrons. The van der Waals surface area contributed by atoms with Gasteiger partial charge in [0.25, 0.3) is 0 Å². The Labute approximate surface area is 114 Å². The highest BCUT2D eigenvalue weighted by atomic mass is 32.2. The van der Waals surface area contributed by atoms with Crippen LogP contribution in [0.25, 0.3) is 0 Å². The summed E-state index contributed by atoms with van der Waals surface area (Å²) in [4.78, 5) is 0.206. The zero-order valence-electron chi connectivity index (χ0n) is 11.6. The van der Waals surface area contributed by atoms with Crippen molar-refractivity contribution in [2.75, 3.05) is 19.3 Å². The molecule has 1 unspecified atom stereocenters. The zero-order valence-corrected chi connectivity index (χ0v) is 12.5. The lowest BCUT2D eigenvalue weighted by Gasteiger charge is -2.20. The molecule has 0 saturated heterocycles. The van der Waals surface area contributed by atoms with Crippen molar-refractivity contribution >= 4 is 15.7 Å². The van der Waals surface area contributed by atoms with Gasteiger partial charge in [-0.25, -0.2) is 8.42 Å². The van der Waals surface area contributed by atoms with E-state index in [4.69, 9.17) is 11.0 Å².